The summed E-state index contributed by atoms with van der Waals surface area (Å²) in [4.78, 5) is 31.5. The van der Waals surface area contributed by atoms with Gasteiger partial charge in [-0.25, -0.2) is 9.50 Å². The van der Waals surface area contributed by atoms with Crippen LogP contribution in [-0.4, -0.2) is 43.9 Å². The molecule has 1 saturated heterocycles. The van der Waals surface area contributed by atoms with E-state index in [1.807, 2.05) is 35.7 Å². The van der Waals surface area contributed by atoms with Gasteiger partial charge in [-0.1, -0.05) is 30.3 Å². The van der Waals surface area contributed by atoms with Gasteiger partial charge in [0.25, 0.3) is 0 Å². The van der Waals surface area contributed by atoms with Gasteiger partial charge >= 0.3 is 0 Å². The first kappa shape index (κ1) is 16.7. The van der Waals surface area contributed by atoms with Crippen LogP contribution in [0.2, 0.25) is 0 Å². The summed E-state index contributed by atoms with van der Waals surface area (Å²) in [5.41, 5.74) is 2.05. The number of hydrogen-bond donors (Lipinski definition) is 1. The first-order chi connectivity index (χ1) is 12.7. The van der Waals surface area contributed by atoms with E-state index in [1.54, 1.807) is 9.42 Å². The van der Waals surface area contributed by atoms with Crippen molar-refractivity contribution < 1.29 is 9.59 Å². The summed E-state index contributed by atoms with van der Waals surface area (Å²) in [6, 6.07) is 9.38. The highest BCUT2D eigenvalue weighted by molar-refractivity contribution is 7.15. The van der Waals surface area contributed by atoms with E-state index in [0.29, 0.717) is 32.4 Å². The van der Waals surface area contributed by atoms with E-state index in [4.69, 9.17) is 0 Å². The van der Waals surface area contributed by atoms with Gasteiger partial charge in [-0.2, -0.15) is 5.10 Å². The van der Waals surface area contributed by atoms with Crippen LogP contribution in [0.5, 0.6) is 0 Å². The number of rotatable bonds is 6. The standard InChI is InChI=1S/C18H19N5O2S/c24-16-7-6-15(22(16)10-13-4-2-1-3-5-13)17(25)19-9-8-14-11-26-18-20-12-21-23(14)18/h1-5,11-12,15H,6-10H2,(H,19,25). The van der Waals surface area contributed by atoms with Gasteiger partial charge in [-0.05, 0) is 12.0 Å². The van der Waals surface area contributed by atoms with E-state index in [1.165, 1.54) is 17.7 Å². The number of thiazole rings is 1. The Morgan fingerprint density at radius 3 is 3.00 bits per heavy atom. The Balaban J connectivity index is 1.35. The van der Waals surface area contributed by atoms with Crippen molar-refractivity contribution in [1.29, 1.82) is 0 Å². The van der Waals surface area contributed by atoms with Crippen LogP contribution in [0, 0.1) is 0 Å². The fraction of sp³-hybridized carbons (Fsp3) is 0.333. The molecule has 3 heterocycles. The van der Waals surface area contributed by atoms with Crippen molar-refractivity contribution in [1.82, 2.24) is 24.8 Å². The average molecular weight is 369 g/mol. The second-order valence-corrected chi connectivity index (χ2v) is 7.12. The fourth-order valence-corrected chi connectivity index (χ4v) is 4.09. The van der Waals surface area contributed by atoms with Crippen LogP contribution < -0.4 is 5.32 Å². The quantitative estimate of drug-likeness (QED) is 0.716. The summed E-state index contributed by atoms with van der Waals surface area (Å²) in [7, 11) is 0. The van der Waals surface area contributed by atoms with Crippen LogP contribution in [-0.2, 0) is 22.6 Å². The molecular formula is C18H19N5O2S. The van der Waals surface area contributed by atoms with Crippen LogP contribution >= 0.6 is 11.3 Å². The molecule has 2 aromatic heterocycles. The predicted octanol–water partition coefficient (Wildman–Crippen LogP) is 1.64. The van der Waals surface area contributed by atoms with Gasteiger partial charge in [0.15, 0.2) is 0 Å². The van der Waals surface area contributed by atoms with Gasteiger partial charge in [-0.15, -0.1) is 11.3 Å². The van der Waals surface area contributed by atoms with Gasteiger partial charge in [0, 0.05) is 31.3 Å². The lowest BCUT2D eigenvalue weighted by atomic mass is 10.1. The van der Waals surface area contributed by atoms with Crippen molar-refractivity contribution in [3.63, 3.8) is 0 Å². The molecule has 1 fully saturated rings. The number of carbonyl (C=O) groups is 2. The van der Waals surface area contributed by atoms with E-state index in [9.17, 15) is 9.59 Å². The third-order valence-electron chi connectivity index (χ3n) is 4.60. The number of benzene rings is 1. The minimum atomic E-state index is -0.392. The number of nitrogens with zero attached hydrogens (tertiary/aromatic N) is 4. The maximum Gasteiger partial charge on any atom is 0.242 e. The summed E-state index contributed by atoms with van der Waals surface area (Å²) < 4.78 is 1.79. The van der Waals surface area contributed by atoms with E-state index < -0.39 is 6.04 Å². The normalized spacial score (nSPS) is 17.2. The lowest BCUT2D eigenvalue weighted by Gasteiger charge is -2.24. The molecule has 0 saturated carbocycles. The first-order valence-corrected chi connectivity index (χ1v) is 9.47. The zero-order valence-corrected chi connectivity index (χ0v) is 15.0. The summed E-state index contributed by atoms with van der Waals surface area (Å²) in [5.74, 6) is -0.0481. The molecular weight excluding hydrogens is 350 g/mol. The smallest absolute Gasteiger partial charge is 0.242 e. The van der Waals surface area contributed by atoms with Gasteiger partial charge in [0.2, 0.25) is 16.8 Å². The molecule has 26 heavy (non-hydrogen) atoms. The molecule has 1 atom stereocenters. The lowest BCUT2D eigenvalue weighted by molar-refractivity contribution is -0.135. The Bertz CT molecular complexity index is 920. The van der Waals surface area contributed by atoms with E-state index >= 15 is 0 Å². The number of carbonyl (C=O) groups excluding carboxylic acids is 2. The molecule has 2 amide bonds. The largest absolute Gasteiger partial charge is 0.354 e. The molecule has 3 aromatic rings. The van der Waals surface area contributed by atoms with E-state index in [0.717, 1.165) is 16.2 Å². The number of hydrogen-bond acceptors (Lipinski definition) is 5. The molecule has 8 heteroatoms. The number of aromatic nitrogens is 3. The summed E-state index contributed by atoms with van der Waals surface area (Å²) in [5, 5.41) is 9.14. The van der Waals surface area contributed by atoms with E-state index in [-0.39, 0.29) is 11.8 Å². The molecule has 1 N–H and O–H groups in total. The van der Waals surface area contributed by atoms with Gasteiger partial charge in [0.05, 0.1) is 5.69 Å². The average Bonchev–Trinajstić information content (AvgIpc) is 3.34. The van der Waals surface area contributed by atoms with Gasteiger partial charge in [0.1, 0.15) is 12.4 Å². The topological polar surface area (TPSA) is 79.6 Å². The van der Waals surface area contributed by atoms with Gasteiger partial charge < -0.3 is 10.2 Å². The number of nitrogens with one attached hydrogen (secondary N) is 1. The van der Waals surface area contributed by atoms with Crippen molar-refractivity contribution in [2.45, 2.75) is 31.8 Å². The SMILES string of the molecule is O=C(NCCc1csc2ncnn12)C1CCC(=O)N1Cc1ccccc1. The molecule has 7 nitrogen and oxygen atoms in total. The molecule has 1 aromatic carbocycles. The second kappa shape index (κ2) is 7.25. The van der Waals surface area contributed by atoms with Crippen LogP contribution in [0.1, 0.15) is 24.1 Å². The number of amides is 2. The van der Waals surface area contributed by atoms with Crippen LogP contribution in [0.15, 0.2) is 42.0 Å². The minimum Gasteiger partial charge on any atom is -0.354 e. The van der Waals surface area contributed by atoms with Crippen molar-refractivity contribution in [2.75, 3.05) is 6.54 Å². The Kier molecular flexibility index (Phi) is 4.66. The summed E-state index contributed by atoms with van der Waals surface area (Å²) in [6.45, 7) is 0.982. The first-order valence-electron chi connectivity index (χ1n) is 8.59. The van der Waals surface area contributed by atoms with Crippen LogP contribution in [0.25, 0.3) is 4.96 Å². The Hall–Kier alpha value is -2.74. The van der Waals surface area contributed by atoms with Crippen molar-refractivity contribution in [3.05, 3.63) is 53.3 Å². The highest BCUT2D eigenvalue weighted by atomic mass is 32.1. The third-order valence-corrected chi connectivity index (χ3v) is 5.47. The van der Waals surface area contributed by atoms with Crippen molar-refractivity contribution >= 4 is 28.1 Å². The Morgan fingerprint density at radius 2 is 2.15 bits per heavy atom. The Morgan fingerprint density at radius 1 is 1.31 bits per heavy atom. The minimum absolute atomic E-state index is 0.0381. The summed E-state index contributed by atoms with van der Waals surface area (Å²) in [6.07, 6.45) is 3.20. The lowest BCUT2D eigenvalue weighted by Crippen LogP contribution is -2.44. The zero-order valence-electron chi connectivity index (χ0n) is 14.2. The molecule has 0 bridgehead atoms. The third kappa shape index (κ3) is 3.32. The van der Waals surface area contributed by atoms with Crippen molar-refractivity contribution in [3.8, 4) is 0 Å². The van der Waals surface area contributed by atoms with Crippen molar-refractivity contribution in [2.24, 2.45) is 0 Å². The second-order valence-electron chi connectivity index (χ2n) is 6.28. The number of likely N-dealkylation sites (tertiary alicyclic amines) is 1. The molecule has 0 aliphatic carbocycles. The van der Waals surface area contributed by atoms with Crippen LogP contribution in [0.3, 0.4) is 0 Å². The molecule has 4 rings (SSSR count). The monoisotopic (exact) mass is 369 g/mol. The molecule has 134 valence electrons. The highest BCUT2D eigenvalue weighted by Crippen LogP contribution is 2.21. The fourth-order valence-electron chi connectivity index (χ4n) is 3.26. The Labute approximate surface area is 154 Å². The molecule has 1 unspecified atom stereocenters. The van der Waals surface area contributed by atoms with Gasteiger partial charge in [-0.3, -0.25) is 9.59 Å². The molecule has 0 radical (unpaired) electrons. The molecule has 0 spiro atoms. The van der Waals surface area contributed by atoms with Crippen LogP contribution in [0.4, 0.5) is 0 Å². The highest BCUT2D eigenvalue weighted by Gasteiger charge is 2.35. The summed E-state index contributed by atoms with van der Waals surface area (Å²) >= 11 is 1.53. The molecule has 1 aliphatic heterocycles. The predicted molar refractivity (Wildman–Crippen MR) is 97.6 cm³/mol. The zero-order chi connectivity index (χ0) is 17.9. The van der Waals surface area contributed by atoms with E-state index in [2.05, 4.69) is 15.4 Å². The molecule has 1 aliphatic rings. The number of fused-ring (bicyclic) bond motifs is 1. The maximum atomic E-state index is 12.6. The maximum absolute atomic E-state index is 12.6.